The zero-order valence-electron chi connectivity index (χ0n) is 18.3. The highest BCUT2D eigenvalue weighted by Crippen LogP contribution is 2.33. The summed E-state index contributed by atoms with van der Waals surface area (Å²) in [6.07, 6.45) is 8.49. The summed E-state index contributed by atoms with van der Waals surface area (Å²) in [5.74, 6) is 0.791. The van der Waals surface area contributed by atoms with E-state index in [0.717, 1.165) is 55.4 Å². The second kappa shape index (κ2) is 9.71. The first-order valence-corrected chi connectivity index (χ1v) is 11.0. The van der Waals surface area contributed by atoms with Crippen LogP contribution in [0, 0.1) is 18.3 Å². The van der Waals surface area contributed by atoms with Gasteiger partial charge in [-0.3, -0.25) is 9.58 Å². The number of nitrogens with zero attached hydrogens (tertiary/aromatic N) is 6. The van der Waals surface area contributed by atoms with Crippen LogP contribution in [0.2, 0.25) is 0 Å². The molecule has 0 amide bonds. The van der Waals surface area contributed by atoms with E-state index < -0.39 is 0 Å². The Bertz CT molecular complexity index is 1050. The van der Waals surface area contributed by atoms with E-state index in [0.29, 0.717) is 11.7 Å². The van der Waals surface area contributed by atoms with E-state index >= 15 is 0 Å². The smallest absolute Gasteiger partial charge is 0.140 e. The third kappa shape index (κ3) is 5.09. The number of pyridine rings is 2. The molecule has 1 aliphatic rings. The minimum atomic E-state index is 0.305. The lowest BCUT2D eigenvalue weighted by Crippen LogP contribution is -2.23. The van der Waals surface area contributed by atoms with Gasteiger partial charge in [-0.25, -0.2) is 9.97 Å². The second-order valence-corrected chi connectivity index (χ2v) is 8.10. The van der Waals surface area contributed by atoms with Gasteiger partial charge in [0.2, 0.25) is 0 Å². The first-order chi connectivity index (χ1) is 15.2. The predicted octanol–water partition coefficient (Wildman–Crippen LogP) is 4.73. The van der Waals surface area contributed by atoms with Gasteiger partial charge in [0.05, 0.1) is 29.3 Å². The lowest BCUT2D eigenvalue weighted by atomic mass is 10.1. The molecule has 3 aromatic heterocycles. The Kier molecular flexibility index (Phi) is 6.58. The van der Waals surface area contributed by atoms with Crippen LogP contribution in [0.4, 0.5) is 11.5 Å². The molecule has 1 saturated heterocycles. The fourth-order valence-electron chi connectivity index (χ4n) is 4.11. The van der Waals surface area contributed by atoms with Gasteiger partial charge in [-0.1, -0.05) is 19.4 Å². The Balaban J connectivity index is 1.46. The molecule has 1 atom stereocenters. The maximum Gasteiger partial charge on any atom is 0.140 e. The summed E-state index contributed by atoms with van der Waals surface area (Å²) in [6, 6.07) is 12.0. The van der Waals surface area contributed by atoms with E-state index in [1.165, 1.54) is 18.4 Å². The lowest BCUT2D eigenvalue weighted by Gasteiger charge is -2.24. The molecule has 0 unspecified atom stereocenters. The van der Waals surface area contributed by atoms with E-state index in [1.54, 1.807) is 12.3 Å². The van der Waals surface area contributed by atoms with Crippen LogP contribution in [0.25, 0.3) is 0 Å². The van der Waals surface area contributed by atoms with Gasteiger partial charge in [-0.05, 0) is 57.0 Å². The van der Waals surface area contributed by atoms with Crippen LogP contribution in [0.15, 0.2) is 42.7 Å². The molecule has 7 heteroatoms. The van der Waals surface area contributed by atoms with Crippen molar-refractivity contribution in [3.8, 4) is 6.07 Å². The number of rotatable bonds is 8. The quantitative estimate of drug-likeness (QED) is 0.572. The fraction of sp³-hybridized carbons (Fsp3) is 0.417. The van der Waals surface area contributed by atoms with Crippen LogP contribution in [-0.2, 0) is 13.1 Å². The van der Waals surface area contributed by atoms with Crippen LogP contribution in [0.3, 0.4) is 0 Å². The number of aromatic nitrogens is 4. The van der Waals surface area contributed by atoms with Crippen molar-refractivity contribution >= 4 is 11.5 Å². The molecular formula is C24H29N7. The minimum Gasteiger partial charge on any atom is -0.339 e. The summed E-state index contributed by atoms with van der Waals surface area (Å²) in [6.45, 7) is 7.28. The first-order valence-electron chi connectivity index (χ1n) is 11.0. The molecule has 1 N–H and O–H groups in total. The van der Waals surface area contributed by atoms with Crippen LogP contribution in [0.5, 0.6) is 0 Å². The normalized spacial score (nSPS) is 16.4. The van der Waals surface area contributed by atoms with Gasteiger partial charge in [0, 0.05) is 24.8 Å². The Morgan fingerprint density at radius 3 is 2.94 bits per heavy atom. The maximum absolute atomic E-state index is 8.91. The van der Waals surface area contributed by atoms with Crippen LogP contribution < -0.4 is 5.32 Å². The van der Waals surface area contributed by atoms with E-state index in [9.17, 15) is 0 Å². The van der Waals surface area contributed by atoms with Crippen molar-refractivity contribution in [3.63, 3.8) is 0 Å². The van der Waals surface area contributed by atoms with Crippen molar-refractivity contribution in [2.45, 2.75) is 58.7 Å². The summed E-state index contributed by atoms with van der Waals surface area (Å²) in [5.41, 5.74) is 4.74. The van der Waals surface area contributed by atoms with Gasteiger partial charge in [-0.2, -0.15) is 10.4 Å². The molecule has 4 heterocycles. The molecule has 0 bridgehead atoms. The summed E-state index contributed by atoms with van der Waals surface area (Å²) in [4.78, 5) is 11.5. The Morgan fingerprint density at radius 2 is 2.16 bits per heavy atom. The minimum absolute atomic E-state index is 0.305. The Morgan fingerprint density at radius 1 is 1.26 bits per heavy atom. The third-order valence-electron chi connectivity index (χ3n) is 5.79. The van der Waals surface area contributed by atoms with Gasteiger partial charge in [0.25, 0.3) is 0 Å². The molecule has 0 aliphatic carbocycles. The van der Waals surface area contributed by atoms with Crippen molar-refractivity contribution in [1.82, 2.24) is 24.6 Å². The molecule has 1 aliphatic heterocycles. The van der Waals surface area contributed by atoms with Crippen molar-refractivity contribution in [2.24, 2.45) is 0 Å². The van der Waals surface area contributed by atoms with E-state index in [-0.39, 0.29) is 0 Å². The predicted molar refractivity (Wildman–Crippen MR) is 121 cm³/mol. The van der Waals surface area contributed by atoms with Gasteiger partial charge in [0.15, 0.2) is 0 Å². The molecule has 3 aromatic rings. The van der Waals surface area contributed by atoms with Crippen molar-refractivity contribution in [2.75, 3.05) is 11.9 Å². The van der Waals surface area contributed by atoms with E-state index in [1.807, 2.05) is 24.3 Å². The monoisotopic (exact) mass is 415 g/mol. The molecular weight excluding hydrogens is 386 g/mol. The zero-order chi connectivity index (χ0) is 21.6. The average Bonchev–Trinajstić information content (AvgIpc) is 3.39. The van der Waals surface area contributed by atoms with Gasteiger partial charge in [-0.15, -0.1) is 0 Å². The van der Waals surface area contributed by atoms with Crippen molar-refractivity contribution in [1.29, 1.82) is 5.26 Å². The standard InChI is InChI=1S/C24H29N7/c1-3-4-13-31-17-19(18(2)29-31)16-30-12-6-8-23(30)22-7-5-9-24(28-22)27-21-11-10-20(14-25)26-15-21/h5,7,9-11,15,17,23H,3-4,6,8,12-13,16H2,1-2H3,(H,27,28)/t23-/m0/s1. The summed E-state index contributed by atoms with van der Waals surface area (Å²) < 4.78 is 2.09. The van der Waals surface area contributed by atoms with Crippen molar-refractivity contribution in [3.05, 3.63) is 65.4 Å². The number of nitriles is 1. The first kappa shape index (κ1) is 21.0. The van der Waals surface area contributed by atoms with E-state index in [2.05, 4.69) is 46.0 Å². The summed E-state index contributed by atoms with van der Waals surface area (Å²) >= 11 is 0. The highest BCUT2D eigenvalue weighted by Gasteiger charge is 2.28. The number of likely N-dealkylation sites (tertiary alicyclic amines) is 1. The molecule has 0 aromatic carbocycles. The summed E-state index contributed by atoms with van der Waals surface area (Å²) in [5, 5.41) is 16.9. The molecule has 0 saturated carbocycles. The number of hydrogen-bond donors (Lipinski definition) is 1. The largest absolute Gasteiger partial charge is 0.339 e. The fourth-order valence-corrected chi connectivity index (χ4v) is 4.11. The second-order valence-electron chi connectivity index (χ2n) is 8.10. The number of nitrogens with one attached hydrogen (secondary N) is 1. The van der Waals surface area contributed by atoms with Crippen LogP contribution in [-0.4, -0.2) is 31.2 Å². The van der Waals surface area contributed by atoms with Gasteiger partial charge < -0.3 is 5.32 Å². The van der Waals surface area contributed by atoms with Gasteiger partial charge in [0.1, 0.15) is 17.6 Å². The van der Waals surface area contributed by atoms with Crippen LogP contribution in [0.1, 0.15) is 61.3 Å². The number of aryl methyl sites for hydroxylation is 2. The molecule has 0 radical (unpaired) electrons. The highest BCUT2D eigenvalue weighted by molar-refractivity contribution is 5.55. The molecule has 0 spiro atoms. The maximum atomic E-state index is 8.91. The molecule has 160 valence electrons. The van der Waals surface area contributed by atoms with Gasteiger partial charge >= 0.3 is 0 Å². The average molecular weight is 416 g/mol. The Labute approximate surface area is 183 Å². The molecule has 31 heavy (non-hydrogen) atoms. The SMILES string of the molecule is CCCCn1cc(CN2CCC[C@H]2c2cccc(Nc3ccc(C#N)nc3)n2)c(C)n1. The number of hydrogen-bond acceptors (Lipinski definition) is 6. The number of anilines is 2. The highest BCUT2D eigenvalue weighted by atomic mass is 15.3. The molecule has 4 rings (SSSR count). The topological polar surface area (TPSA) is 82.7 Å². The van der Waals surface area contributed by atoms with Crippen molar-refractivity contribution < 1.29 is 0 Å². The lowest BCUT2D eigenvalue weighted by molar-refractivity contribution is 0.244. The third-order valence-corrected chi connectivity index (χ3v) is 5.79. The summed E-state index contributed by atoms with van der Waals surface area (Å²) in [7, 11) is 0. The molecule has 7 nitrogen and oxygen atoms in total. The molecule has 1 fully saturated rings. The van der Waals surface area contributed by atoms with Crippen LogP contribution >= 0.6 is 0 Å². The van der Waals surface area contributed by atoms with E-state index in [4.69, 9.17) is 15.3 Å². The number of unbranched alkanes of at least 4 members (excludes halogenated alkanes) is 1. The zero-order valence-corrected chi connectivity index (χ0v) is 18.3. The Hall–Kier alpha value is -3.24.